The number of anilines is 1. The molecule has 1 saturated heterocycles. The van der Waals surface area contributed by atoms with Crippen LogP contribution in [0.25, 0.3) is 11.3 Å². The number of ether oxygens (including phenoxy) is 2. The smallest absolute Gasteiger partial charge is 0.162 e. The molecule has 1 N–H and O–H groups in total. The number of nitrogens with zero attached hydrogens (tertiary/aromatic N) is 3. The monoisotopic (exact) mass is 454 g/mol. The number of benzene rings is 2. The second-order valence-electron chi connectivity index (χ2n) is 8.02. The number of hydrogen-bond donors (Lipinski definition) is 1. The molecule has 2 aliphatic rings. The highest BCUT2D eigenvalue weighted by molar-refractivity contribution is 6.30. The first kappa shape index (κ1) is 21.1. The summed E-state index contributed by atoms with van der Waals surface area (Å²) in [6, 6.07) is 15.9. The van der Waals surface area contributed by atoms with Crippen molar-refractivity contribution in [1.29, 1.82) is 0 Å². The number of piperazine rings is 1. The summed E-state index contributed by atoms with van der Waals surface area (Å²) in [6.45, 7) is 7.84. The molecular weight excluding hydrogens is 428 g/mol. The predicted octanol–water partition coefficient (Wildman–Crippen LogP) is 3.68. The van der Waals surface area contributed by atoms with Gasteiger partial charge in [-0.15, -0.1) is 0 Å². The maximum atomic E-state index is 6.12. The molecule has 5 rings (SSSR count). The maximum absolute atomic E-state index is 6.12. The zero-order valence-corrected chi connectivity index (χ0v) is 18.7. The lowest BCUT2D eigenvalue weighted by molar-refractivity contribution is 0.171. The van der Waals surface area contributed by atoms with Gasteiger partial charge in [-0.05, 0) is 36.4 Å². The lowest BCUT2D eigenvalue weighted by Crippen LogP contribution is -2.48. The first-order valence-electron chi connectivity index (χ1n) is 11.0. The Balaban J connectivity index is 1.06. The fraction of sp³-hybridized carbons (Fsp3) is 0.375. The van der Waals surface area contributed by atoms with E-state index in [2.05, 4.69) is 26.3 Å². The second-order valence-corrected chi connectivity index (χ2v) is 8.46. The summed E-state index contributed by atoms with van der Waals surface area (Å²) in [4.78, 5) is 4.87. The van der Waals surface area contributed by atoms with Crippen molar-refractivity contribution in [3.8, 4) is 22.8 Å². The van der Waals surface area contributed by atoms with Gasteiger partial charge in [0.2, 0.25) is 0 Å². The van der Waals surface area contributed by atoms with E-state index in [0.29, 0.717) is 19.8 Å². The van der Waals surface area contributed by atoms with E-state index in [1.807, 2.05) is 42.5 Å². The molecular formula is C24H27ClN4O3. The number of rotatable bonds is 7. The highest BCUT2D eigenvalue weighted by Crippen LogP contribution is 2.34. The Labute approximate surface area is 192 Å². The summed E-state index contributed by atoms with van der Waals surface area (Å²) in [7, 11) is 0. The van der Waals surface area contributed by atoms with Crippen LogP contribution < -0.4 is 19.7 Å². The molecule has 1 aromatic heterocycles. The molecule has 32 heavy (non-hydrogen) atoms. The van der Waals surface area contributed by atoms with E-state index in [4.69, 9.17) is 25.6 Å². The molecule has 0 aliphatic carbocycles. The molecule has 0 spiro atoms. The Morgan fingerprint density at radius 3 is 2.62 bits per heavy atom. The maximum Gasteiger partial charge on any atom is 0.162 e. The average molecular weight is 455 g/mol. The SMILES string of the molecule is Clc1cccc(N2CCN(CCNCc3cc(-c4ccc5c(c4)OCCO5)no3)CC2)c1. The Morgan fingerprint density at radius 2 is 1.78 bits per heavy atom. The summed E-state index contributed by atoms with van der Waals surface area (Å²) in [5.74, 6) is 2.35. The van der Waals surface area contributed by atoms with Gasteiger partial charge in [0.25, 0.3) is 0 Å². The highest BCUT2D eigenvalue weighted by Gasteiger charge is 2.17. The van der Waals surface area contributed by atoms with Crippen molar-refractivity contribution in [3.05, 3.63) is 59.3 Å². The zero-order chi connectivity index (χ0) is 21.8. The van der Waals surface area contributed by atoms with E-state index in [-0.39, 0.29) is 0 Å². The van der Waals surface area contributed by atoms with Crippen LogP contribution in [0.15, 0.2) is 53.1 Å². The third-order valence-electron chi connectivity index (χ3n) is 5.85. The van der Waals surface area contributed by atoms with Gasteiger partial charge in [0, 0.05) is 61.6 Å². The summed E-state index contributed by atoms with van der Waals surface area (Å²) in [5.41, 5.74) is 2.96. The Bertz CT molecular complexity index is 1050. The lowest BCUT2D eigenvalue weighted by atomic mass is 10.1. The topological polar surface area (TPSA) is 63.0 Å². The molecule has 3 heterocycles. The van der Waals surface area contributed by atoms with Crippen LogP contribution in [-0.2, 0) is 6.54 Å². The summed E-state index contributed by atoms with van der Waals surface area (Å²) < 4.78 is 16.7. The van der Waals surface area contributed by atoms with E-state index in [1.165, 1.54) is 5.69 Å². The van der Waals surface area contributed by atoms with Crippen LogP contribution in [0.2, 0.25) is 5.02 Å². The van der Waals surface area contributed by atoms with Crippen molar-refractivity contribution in [1.82, 2.24) is 15.4 Å². The molecule has 168 valence electrons. The molecule has 0 unspecified atom stereocenters. The standard InChI is InChI=1S/C24H27ClN4O3/c25-19-2-1-3-20(15-19)29-10-8-28(9-11-29)7-6-26-17-21-16-22(27-32-21)18-4-5-23-24(14-18)31-13-12-30-23/h1-5,14-16,26H,6-13,17H2. The van der Waals surface area contributed by atoms with Crippen molar-refractivity contribution in [2.24, 2.45) is 0 Å². The van der Waals surface area contributed by atoms with Gasteiger partial charge >= 0.3 is 0 Å². The Hall–Kier alpha value is -2.74. The highest BCUT2D eigenvalue weighted by atomic mass is 35.5. The fourth-order valence-electron chi connectivity index (χ4n) is 4.09. The van der Waals surface area contributed by atoms with Crippen LogP contribution >= 0.6 is 11.6 Å². The number of hydrogen-bond acceptors (Lipinski definition) is 7. The first-order chi connectivity index (χ1) is 15.7. The van der Waals surface area contributed by atoms with Crippen molar-refractivity contribution >= 4 is 17.3 Å². The number of nitrogens with one attached hydrogen (secondary N) is 1. The van der Waals surface area contributed by atoms with E-state index >= 15 is 0 Å². The molecule has 0 saturated carbocycles. The molecule has 1 fully saturated rings. The number of fused-ring (bicyclic) bond motifs is 1. The second kappa shape index (κ2) is 9.81. The summed E-state index contributed by atoms with van der Waals surface area (Å²) in [5, 5.41) is 8.46. The van der Waals surface area contributed by atoms with Crippen LogP contribution in [0, 0.1) is 0 Å². The van der Waals surface area contributed by atoms with Crippen LogP contribution in [0.1, 0.15) is 5.76 Å². The van der Waals surface area contributed by atoms with E-state index < -0.39 is 0 Å². The molecule has 2 aliphatic heterocycles. The number of halogens is 1. The Morgan fingerprint density at radius 1 is 0.938 bits per heavy atom. The molecule has 0 amide bonds. The van der Waals surface area contributed by atoms with Crippen LogP contribution in [0.3, 0.4) is 0 Å². The average Bonchev–Trinajstić information content (AvgIpc) is 3.31. The van der Waals surface area contributed by atoms with Crippen molar-refractivity contribution < 1.29 is 14.0 Å². The van der Waals surface area contributed by atoms with Crippen LogP contribution in [-0.4, -0.2) is 62.5 Å². The first-order valence-corrected chi connectivity index (χ1v) is 11.4. The van der Waals surface area contributed by atoms with Crippen molar-refractivity contribution in [3.63, 3.8) is 0 Å². The predicted molar refractivity (Wildman–Crippen MR) is 125 cm³/mol. The Kier molecular flexibility index (Phi) is 6.48. The summed E-state index contributed by atoms with van der Waals surface area (Å²) in [6.07, 6.45) is 0. The third kappa shape index (κ3) is 5.01. The van der Waals surface area contributed by atoms with Crippen LogP contribution in [0.4, 0.5) is 5.69 Å². The van der Waals surface area contributed by atoms with Gasteiger partial charge in [-0.2, -0.15) is 0 Å². The van der Waals surface area contributed by atoms with Crippen LogP contribution in [0.5, 0.6) is 11.5 Å². The van der Waals surface area contributed by atoms with Gasteiger partial charge in [0.1, 0.15) is 18.9 Å². The van der Waals surface area contributed by atoms with Gasteiger partial charge in [0.05, 0.1) is 6.54 Å². The van der Waals surface area contributed by atoms with Crippen molar-refractivity contribution in [2.75, 3.05) is 57.4 Å². The number of aromatic nitrogens is 1. The van der Waals surface area contributed by atoms with Gasteiger partial charge in [-0.3, -0.25) is 4.90 Å². The minimum Gasteiger partial charge on any atom is -0.486 e. The minimum absolute atomic E-state index is 0.570. The quantitative estimate of drug-likeness (QED) is 0.546. The molecule has 0 bridgehead atoms. The lowest BCUT2D eigenvalue weighted by Gasteiger charge is -2.36. The van der Waals surface area contributed by atoms with E-state index in [1.54, 1.807) is 0 Å². The van der Waals surface area contributed by atoms with Crippen molar-refractivity contribution in [2.45, 2.75) is 6.54 Å². The normalized spacial score (nSPS) is 16.3. The molecule has 0 radical (unpaired) electrons. The molecule has 0 atom stereocenters. The van der Waals surface area contributed by atoms with Gasteiger partial charge in [-0.1, -0.05) is 22.8 Å². The van der Waals surface area contributed by atoms with Gasteiger partial charge in [0.15, 0.2) is 17.3 Å². The third-order valence-corrected chi connectivity index (χ3v) is 6.08. The molecule has 3 aromatic rings. The van der Waals surface area contributed by atoms with E-state index in [9.17, 15) is 0 Å². The fourth-order valence-corrected chi connectivity index (χ4v) is 4.27. The van der Waals surface area contributed by atoms with Gasteiger partial charge in [-0.25, -0.2) is 0 Å². The van der Waals surface area contributed by atoms with E-state index in [0.717, 1.165) is 72.8 Å². The minimum atomic E-state index is 0.570. The molecule has 2 aromatic carbocycles. The van der Waals surface area contributed by atoms with Gasteiger partial charge < -0.3 is 24.2 Å². The summed E-state index contributed by atoms with van der Waals surface area (Å²) >= 11 is 6.12. The molecule has 8 heteroatoms. The largest absolute Gasteiger partial charge is 0.486 e. The zero-order valence-electron chi connectivity index (χ0n) is 17.9. The molecule has 7 nitrogen and oxygen atoms in total.